The van der Waals surface area contributed by atoms with Crippen LogP contribution in [0.5, 0.6) is 5.75 Å². The average molecular weight is 404 g/mol. The maximum absolute atomic E-state index is 6.05. The third-order valence-electron chi connectivity index (χ3n) is 5.18. The summed E-state index contributed by atoms with van der Waals surface area (Å²) in [5, 5.41) is 3.10. The van der Waals surface area contributed by atoms with Crippen LogP contribution in [-0.2, 0) is 9.89 Å². The Balaban J connectivity index is 2.59. The van der Waals surface area contributed by atoms with Crippen LogP contribution in [0.1, 0.15) is 42.5 Å². The highest BCUT2D eigenvalue weighted by molar-refractivity contribution is 7.66. The van der Waals surface area contributed by atoms with Gasteiger partial charge in [0.2, 0.25) is 0 Å². The van der Waals surface area contributed by atoms with Crippen LogP contribution >= 0.6 is 16.5 Å². The first-order valence-corrected chi connectivity index (χ1v) is 12.8. The van der Waals surface area contributed by atoms with Gasteiger partial charge in [-0.05, 0) is 62.3 Å². The van der Waals surface area contributed by atoms with Crippen LogP contribution in [0, 0.1) is 20.8 Å². The Labute approximate surface area is 168 Å². The highest BCUT2D eigenvalue weighted by Gasteiger charge is 2.31. The van der Waals surface area contributed by atoms with Gasteiger partial charge in [0.25, 0.3) is 0 Å². The smallest absolute Gasteiger partial charge is 0.188 e. The van der Waals surface area contributed by atoms with Gasteiger partial charge in [0, 0.05) is 17.8 Å². The van der Waals surface area contributed by atoms with Crippen molar-refractivity contribution in [3.8, 4) is 5.75 Å². The van der Waals surface area contributed by atoms with Crippen LogP contribution in [0.2, 0.25) is 0 Å². The van der Waals surface area contributed by atoms with Crippen LogP contribution < -0.4 is 15.3 Å². The predicted octanol–water partition coefficient (Wildman–Crippen LogP) is 5.59. The maximum atomic E-state index is 6.05. The van der Waals surface area contributed by atoms with Crippen molar-refractivity contribution in [3.63, 3.8) is 0 Å². The molecule has 0 aliphatic heterocycles. The molecule has 0 radical (unpaired) electrons. The van der Waals surface area contributed by atoms with E-state index in [1.165, 1.54) is 32.9 Å². The maximum Gasteiger partial charge on any atom is 0.188 e. The molecule has 0 fully saturated rings. The Kier molecular flexibility index (Phi) is 7.87. The van der Waals surface area contributed by atoms with Gasteiger partial charge in [0.05, 0.1) is 0 Å². The van der Waals surface area contributed by atoms with Crippen LogP contribution in [0.4, 0.5) is 0 Å². The second-order valence-electron chi connectivity index (χ2n) is 7.68. The number of methoxy groups -OCH3 is 1. The highest BCUT2D eigenvalue weighted by atomic mass is 31.1. The molecule has 2 unspecified atom stereocenters. The van der Waals surface area contributed by atoms with Gasteiger partial charge >= 0.3 is 0 Å². The van der Waals surface area contributed by atoms with E-state index in [-0.39, 0.29) is 19.9 Å². The summed E-state index contributed by atoms with van der Waals surface area (Å²) in [6.07, 6.45) is 1.07. The van der Waals surface area contributed by atoms with Crippen LogP contribution in [0.15, 0.2) is 30.3 Å². The minimum Gasteiger partial charge on any atom is -0.467 e. The second-order valence-corrected chi connectivity index (χ2v) is 11.8. The topological polar surface area (TPSA) is 18.5 Å². The zero-order valence-corrected chi connectivity index (χ0v) is 20.0. The lowest BCUT2D eigenvalue weighted by Crippen LogP contribution is -2.28. The van der Waals surface area contributed by atoms with Crippen molar-refractivity contribution in [2.24, 2.45) is 0 Å². The first-order chi connectivity index (χ1) is 12.7. The van der Waals surface area contributed by atoms with Gasteiger partial charge in [-0.1, -0.05) is 66.2 Å². The van der Waals surface area contributed by atoms with Crippen molar-refractivity contribution in [2.45, 2.75) is 46.2 Å². The van der Waals surface area contributed by atoms with Gasteiger partial charge in [-0.3, -0.25) is 0 Å². The summed E-state index contributed by atoms with van der Waals surface area (Å²) in [5.74, 6) is 0.990. The SMILES string of the molecule is CCC(C)(Pc1c(C)cccc1P(C)C)c1cc(C)cc(C)c1OCOC. The lowest BCUT2D eigenvalue weighted by Gasteiger charge is -2.33. The predicted molar refractivity (Wildman–Crippen MR) is 124 cm³/mol. The molecule has 0 aromatic heterocycles. The van der Waals surface area contributed by atoms with E-state index in [9.17, 15) is 0 Å². The summed E-state index contributed by atoms with van der Waals surface area (Å²) in [6, 6.07) is 11.3. The average Bonchev–Trinajstić information content (AvgIpc) is 2.61. The van der Waals surface area contributed by atoms with Gasteiger partial charge < -0.3 is 9.47 Å². The molecular formula is C23H34O2P2. The third-order valence-corrected chi connectivity index (χ3v) is 8.81. The highest BCUT2D eigenvalue weighted by Crippen LogP contribution is 2.49. The molecule has 0 saturated heterocycles. The van der Waals surface area contributed by atoms with E-state index in [0.29, 0.717) is 8.58 Å². The Morgan fingerprint density at radius 2 is 1.78 bits per heavy atom. The molecule has 4 heteroatoms. The van der Waals surface area contributed by atoms with Gasteiger partial charge in [-0.2, -0.15) is 0 Å². The standard InChI is InChI=1S/C23H34O2P2/c1-9-23(5,26-22-17(3)11-10-12-20(22)27(7)8)19-14-16(2)13-18(4)21(19)25-15-24-6/h10-14,26H,9,15H2,1-8H3. The van der Waals surface area contributed by atoms with E-state index in [2.05, 4.69) is 78.3 Å². The summed E-state index contributed by atoms with van der Waals surface area (Å²) in [5.41, 5.74) is 5.19. The normalized spacial score (nSPS) is 14.1. The second kappa shape index (κ2) is 9.51. The van der Waals surface area contributed by atoms with E-state index in [0.717, 1.165) is 12.2 Å². The Morgan fingerprint density at radius 1 is 1.07 bits per heavy atom. The van der Waals surface area contributed by atoms with Gasteiger partial charge in [-0.25, -0.2) is 0 Å². The zero-order valence-electron chi connectivity index (χ0n) is 18.1. The molecule has 2 atom stereocenters. The van der Waals surface area contributed by atoms with E-state index >= 15 is 0 Å². The van der Waals surface area contributed by atoms with Gasteiger partial charge in [0.1, 0.15) is 5.75 Å². The molecular weight excluding hydrogens is 370 g/mol. The fourth-order valence-corrected chi connectivity index (χ4v) is 6.87. The minimum atomic E-state index is -0.133. The number of ether oxygens (including phenoxy) is 2. The molecule has 0 heterocycles. The number of benzene rings is 2. The monoisotopic (exact) mass is 404 g/mol. The van der Waals surface area contributed by atoms with E-state index in [1.807, 2.05) is 0 Å². The van der Waals surface area contributed by atoms with Crippen molar-refractivity contribution < 1.29 is 9.47 Å². The molecule has 2 aromatic carbocycles. The molecule has 0 aliphatic carbocycles. The van der Waals surface area contributed by atoms with Crippen LogP contribution in [-0.4, -0.2) is 27.2 Å². The number of aryl methyl sites for hydroxylation is 3. The lowest BCUT2D eigenvalue weighted by atomic mass is 9.92. The van der Waals surface area contributed by atoms with E-state index in [1.54, 1.807) is 7.11 Å². The van der Waals surface area contributed by atoms with E-state index < -0.39 is 0 Å². The Morgan fingerprint density at radius 3 is 2.37 bits per heavy atom. The molecule has 2 rings (SSSR count). The molecule has 0 saturated carbocycles. The molecule has 0 amide bonds. The van der Waals surface area contributed by atoms with Crippen molar-refractivity contribution in [2.75, 3.05) is 27.2 Å². The first kappa shape index (κ1) is 22.4. The van der Waals surface area contributed by atoms with Crippen molar-refractivity contribution in [3.05, 3.63) is 52.6 Å². The molecule has 148 valence electrons. The van der Waals surface area contributed by atoms with Crippen molar-refractivity contribution >= 4 is 27.1 Å². The number of hydrogen-bond acceptors (Lipinski definition) is 2. The zero-order chi connectivity index (χ0) is 20.2. The summed E-state index contributed by atoms with van der Waals surface area (Å²) < 4.78 is 11.3. The van der Waals surface area contributed by atoms with Gasteiger partial charge in [-0.15, -0.1) is 0 Å². The van der Waals surface area contributed by atoms with Crippen LogP contribution in [0.3, 0.4) is 0 Å². The summed E-state index contributed by atoms with van der Waals surface area (Å²) in [7, 11) is 2.25. The molecule has 2 aromatic rings. The van der Waals surface area contributed by atoms with E-state index in [4.69, 9.17) is 9.47 Å². The number of hydrogen-bond donors (Lipinski definition) is 0. The van der Waals surface area contributed by atoms with Gasteiger partial charge in [0.15, 0.2) is 6.79 Å². The van der Waals surface area contributed by atoms with Crippen molar-refractivity contribution in [1.82, 2.24) is 0 Å². The Hall–Kier alpha value is -0.940. The molecule has 2 nitrogen and oxygen atoms in total. The first-order valence-electron chi connectivity index (χ1n) is 9.52. The minimum absolute atomic E-state index is 0.0338. The van der Waals surface area contributed by atoms with Crippen molar-refractivity contribution in [1.29, 1.82) is 0 Å². The lowest BCUT2D eigenvalue weighted by molar-refractivity contribution is 0.0495. The molecule has 0 spiro atoms. The third kappa shape index (κ3) is 5.11. The van der Waals surface area contributed by atoms with Crippen LogP contribution in [0.25, 0.3) is 0 Å². The fourth-order valence-electron chi connectivity index (χ4n) is 3.48. The summed E-state index contributed by atoms with van der Waals surface area (Å²) in [4.78, 5) is 0. The quantitative estimate of drug-likeness (QED) is 0.422. The summed E-state index contributed by atoms with van der Waals surface area (Å²) >= 11 is 0. The number of rotatable bonds is 8. The fraction of sp³-hybridized carbons (Fsp3) is 0.478. The molecule has 0 bridgehead atoms. The molecule has 0 N–H and O–H groups in total. The largest absolute Gasteiger partial charge is 0.467 e. The molecule has 27 heavy (non-hydrogen) atoms. The molecule has 0 aliphatic rings. The summed E-state index contributed by atoms with van der Waals surface area (Å²) in [6.45, 7) is 16.2. The Bertz CT molecular complexity index is 786.